The zero-order valence-electron chi connectivity index (χ0n) is 17.6. The highest BCUT2D eigenvalue weighted by Gasteiger charge is 2.19. The fourth-order valence-electron chi connectivity index (χ4n) is 3.26. The van der Waals surface area contributed by atoms with Crippen molar-refractivity contribution in [3.8, 4) is 34.3 Å². The largest absolute Gasteiger partial charge is 0.497 e. The number of aromatic nitrogens is 6. The van der Waals surface area contributed by atoms with Crippen LogP contribution in [0, 0.1) is 17.0 Å². The number of aromatic amines is 1. The Morgan fingerprint density at radius 1 is 1.15 bits per heavy atom. The molecule has 0 aliphatic heterocycles. The number of ether oxygens (including phenoxy) is 2. The summed E-state index contributed by atoms with van der Waals surface area (Å²) in [6.45, 7) is 1.86. The van der Waals surface area contributed by atoms with Gasteiger partial charge in [0.05, 0.1) is 17.7 Å². The van der Waals surface area contributed by atoms with Gasteiger partial charge in [-0.05, 0) is 48.9 Å². The molecular weight excluding hydrogens is 446 g/mol. The molecule has 33 heavy (non-hydrogen) atoms. The average molecular weight is 463 g/mol. The Morgan fingerprint density at radius 2 is 1.97 bits per heavy atom. The number of nitrogens with one attached hydrogen (secondary N) is 1. The monoisotopic (exact) mass is 463 g/mol. The molecule has 0 saturated carbocycles. The molecule has 166 valence electrons. The Kier molecular flexibility index (Phi) is 5.18. The summed E-state index contributed by atoms with van der Waals surface area (Å²) in [6, 6.07) is 14.3. The van der Waals surface area contributed by atoms with Gasteiger partial charge < -0.3 is 9.47 Å². The fourth-order valence-corrected chi connectivity index (χ4v) is 4.01. The summed E-state index contributed by atoms with van der Waals surface area (Å²) in [4.78, 5) is 11.4. The Hall–Kier alpha value is -4.32. The lowest BCUT2D eigenvalue weighted by atomic mass is 10.1. The van der Waals surface area contributed by atoms with E-state index in [0.29, 0.717) is 21.5 Å². The van der Waals surface area contributed by atoms with Crippen molar-refractivity contribution >= 4 is 22.0 Å². The van der Waals surface area contributed by atoms with Crippen LogP contribution in [0.25, 0.3) is 27.7 Å². The summed E-state index contributed by atoms with van der Waals surface area (Å²) in [5.41, 5.74) is 3.02. The Bertz CT molecular complexity index is 1460. The summed E-state index contributed by atoms with van der Waals surface area (Å²) in [7, 11) is 1.62. The third-order valence-electron chi connectivity index (χ3n) is 4.90. The van der Waals surface area contributed by atoms with Crippen LogP contribution in [0.2, 0.25) is 0 Å². The summed E-state index contributed by atoms with van der Waals surface area (Å²) in [6.07, 6.45) is 0. The van der Waals surface area contributed by atoms with E-state index in [9.17, 15) is 10.1 Å². The Balaban J connectivity index is 1.38. The molecule has 0 amide bonds. The molecule has 0 radical (unpaired) electrons. The summed E-state index contributed by atoms with van der Waals surface area (Å²) < 4.78 is 12.5. The van der Waals surface area contributed by atoms with Crippen LogP contribution < -0.4 is 9.47 Å². The average Bonchev–Trinajstić information content (AvgIpc) is 3.54. The number of nitro benzene ring substituents is 1. The van der Waals surface area contributed by atoms with Crippen molar-refractivity contribution in [3.05, 3.63) is 69.2 Å². The van der Waals surface area contributed by atoms with E-state index in [2.05, 4.69) is 25.5 Å². The topological polar surface area (TPSA) is 133 Å². The maximum Gasteiger partial charge on any atom is 0.311 e. The molecule has 0 aliphatic rings. The van der Waals surface area contributed by atoms with Crippen molar-refractivity contribution in [2.45, 2.75) is 13.5 Å². The van der Waals surface area contributed by atoms with Gasteiger partial charge in [-0.1, -0.05) is 17.4 Å². The van der Waals surface area contributed by atoms with Crippen LogP contribution >= 0.6 is 11.3 Å². The molecule has 3 aromatic heterocycles. The lowest BCUT2D eigenvalue weighted by Crippen LogP contribution is -2.00. The molecule has 12 heteroatoms. The van der Waals surface area contributed by atoms with Gasteiger partial charge in [-0.3, -0.25) is 15.2 Å². The van der Waals surface area contributed by atoms with Crippen molar-refractivity contribution in [1.29, 1.82) is 0 Å². The first-order valence-corrected chi connectivity index (χ1v) is 10.6. The van der Waals surface area contributed by atoms with Gasteiger partial charge in [0.1, 0.15) is 18.1 Å². The molecule has 1 N–H and O–H groups in total. The summed E-state index contributed by atoms with van der Waals surface area (Å²) in [5.74, 6) is 1.46. The molecule has 2 aromatic carbocycles. The SMILES string of the molecule is COc1ccc(-c2cc(-c3nnc4sc(COc5ccc(C)cc5[N+](=O)[O-])nn34)[nH]n2)cc1. The highest BCUT2D eigenvalue weighted by Crippen LogP contribution is 2.30. The molecule has 0 aliphatic carbocycles. The van der Waals surface area contributed by atoms with Gasteiger partial charge in [-0.25, -0.2) is 0 Å². The number of nitro groups is 1. The van der Waals surface area contributed by atoms with Crippen LogP contribution in [-0.2, 0) is 6.61 Å². The standard InChI is InChI=1S/C21H17N7O4S/c1-12-3-8-18(17(9-12)28(29)30)32-11-19-26-27-20(24-25-21(27)33-19)16-10-15(22-23-16)13-4-6-14(31-2)7-5-13/h3-10H,11H2,1-2H3,(H,22,23). The molecule has 0 unspecified atom stereocenters. The molecule has 0 saturated heterocycles. The first kappa shape index (κ1) is 20.6. The smallest absolute Gasteiger partial charge is 0.311 e. The van der Waals surface area contributed by atoms with Crippen LogP contribution in [0.5, 0.6) is 11.5 Å². The van der Waals surface area contributed by atoms with E-state index in [-0.39, 0.29) is 18.0 Å². The number of fused-ring (bicyclic) bond motifs is 1. The summed E-state index contributed by atoms with van der Waals surface area (Å²) >= 11 is 1.29. The molecule has 0 fully saturated rings. The van der Waals surface area contributed by atoms with Crippen LogP contribution in [0.3, 0.4) is 0 Å². The second-order valence-corrected chi connectivity index (χ2v) is 8.17. The number of nitrogens with zero attached hydrogens (tertiary/aromatic N) is 6. The predicted octanol–water partition coefficient (Wildman–Crippen LogP) is 4.05. The molecule has 11 nitrogen and oxygen atoms in total. The van der Waals surface area contributed by atoms with Crippen molar-refractivity contribution in [3.63, 3.8) is 0 Å². The molecule has 3 heterocycles. The molecule has 5 aromatic rings. The zero-order chi connectivity index (χ0) is 22.9. The zero-order valence-corrected chi connectivity index (χ0v) is 18.4. The van der Waals surface area contributed by atoms with Crippen LogP contribution in [-0.4, -0.2) is 42.0 Å². The predicted molar refractivity (Wildman–Crippen MR) is 120 cm³/mol. The third-order valence-corrected chi connectivity index (χ3v) is 5.77. The highest BCUT2D eigenvalue weighted by atomic mass is 32.1. The first-order chi connectivity index (χ1) is 16.0. The summed E-state index contributed by atoms with van der Waals surface area (Å²) in [5, 5.41) is 32.1. The van der Waals surface area contributed by atoms with Crippen molar-refractivity contribution in [2.75, 3.05) is 7.11 Å². The van der Waals surface area contributed by atoms with Crippen molar-refractivity contribution in [2.24, 2.45) is 0 Å². The van der Waals surface area contributed by atoms with E-state index in [1.54, 1.807) is 30.7 Å². The van der Waals surface area contributed by atoms with Gasteiger partial charge in [0, 0.05) is 11.6 Å². The van der Waals surface area contributed by atoms with Gasteiger partial charge in [0.2, 0.25) is 10.8 Å². The van der Waals surface area contributed by atoms with Crippen LogP contribution in [0.15, 0.2) is 48.5 Å². The number of H-pyrrole nitrogens is 1. The second kappa shape index (κ2) is 8.31. The van der Waals surface area contributed by atoms with Crippen molar-refractivity contribution < 1.29 is 14.4 Å². The lowest BCUT2D eigenvalue weighted by Gasteiger charge is -2.05. The highest BCUT2D eigenvalue weighted by molar-refractivity contribution is 7.16. The number of rotatable bonds is 7. The minimum absolute atomic E-state index is 0.0669. The van der Waals surface area contributed by atoms with Crippen molar-refractivity contribution in [1.82, 2.24) is 30.0 Å². The number of aryl methyl sites for hydroxylation is 1. The van der Waals surface area contributed by atoms with Gasteiger partial charge in [0.15, 0.2) is 10.8 Å². The molecule has 5 rings (SSSR count). The number of benzene rings is 2. The molecule has 0 bridgehead atoms. The van der Waals surface area contributed by atoms with Gasteiger partial charge in [-0.15, -0.1) is 10.2 Å². The Labute approximate surface area is 190 Å². The normalized spacial score (nSPS) is 11.1. The minimum atomic E-state index is -0.461. The minimum Gasteiger partial charge on any atom is -0.497 e. The van der Waals surface area contributed by atoms with E-state index in [1.807, 2.05) is 30.3 Å². The van der Waals surface area contributed by atoms with Gasteiger partial charge in [0.25, 0.3) is 0 Å². The number of methoxy groups -OCH3 is 1. The number of hydrogen-bond donors (Lipinski definition) is 1. The van der Waals surface area contributed by atoms with E-state index >= 15 is 0 Å². The first-order valence-electron chi connectivity index (χ1n) is 9.81. The number of hydrogen-bond acceptors (Lipinski definition) is 9. The Morgan fingerprint density at radius 3 is 2.73 bits per heavy atom. The molecular formula is C21H17N7O4S. The van der Waals surface area contributed by atoms with Crippen LogP contribution in [0.1, 0.15) is 10.6 Å². The molecule has 0 spiro atoms. The maximum absolute atomic E-state index is 11.3. The van der Waals surface area contributed by atoms with E-state index in [1.165, 1.54) is 17.4 Å². The fraction of sp³-hybridized carbons (Fsp3) is 0.143. The molecule has 0 atom stereocenters. The third kappa shape index (κ3) is 3.99. The lowest BCUT2D eigenvalue weighted by molar-refractivity contribution is -0.386. The van der Waals surface area contributed by atoms with Gasteiger partial charge in [-0.2, -0.15) is 14.7 Å². The maximum atomic E-state index is 11.3. The van der Waals surface area contributed by atoms with E-state index in [0.717, 1.165) is 22.6 Å². The second-order valence-electron chi connectivity index (χ2n) is 7.13. The van der Waals surface area contributed by atoms with Crippen LogP contribution in [0.4, 0.5) is 5.69 Å². The van der Waals surface area contributed by atoms with E-state index in [4.69, 9.17) is 9.47 Å². The van der Waals surface area contributed by atoms with Gasteiger partial charge >= 0.3 is 5.69 Å². The van der Waals surface area contributed by atoms with E-state index < -0.39 is 4.92 Å². The quantitative estimate of drug-likeness (QED) is 0.282.